The zero-order valence-corrected chi connectivity index (χ0v) is 8.51. The fraction of sp³-hybridized carbons (Fsp3) is 0.900. The van der Waals surface area contributed by atoms with Gasteiger partial charge in [-0.05, 0) is 16.7 Å². The molecule has 2 atom stereocenters. The average molecular weight is 170 g/mol. The first kappa shape index (κ1) is 9.56. The molecule has 0 bridgehead atoms. The molecule has 70 valence electrons. The van der Waals surface area contributed by atoms with E-state index >= 15 is 0 Å². The largest absolute Gasteiger partial charge is 0.481 e. The molecule has 1 saturated carbocycles. The van der Waals surface area contributed by atoms with E-state index in [2.05, 4.69) is 13.8 Å². The number of hydrogen-bond acceptors (Lipinski definition) is 1. The Morgan fingerprint density at radius 1 is 1.17 bits per heavy atom. The van der Waals surface area contributed by atoms with Gasteiger partial charge in [-0.1, -0.05) is 34.6 Å². The van der Waals surface area contributed by atoms with Crippen molar-refractivity contribution in [2.75, 3.05) is 0 Å². The fourth-order valence-electron chi connectivity index (χ4n) is 2.46. The van der Waals surface area contributed by atoms with Gasteiger partial charge in [-0.25, -0.2) is 0 Å². The molecule has 0 aliphatic heterocycles. The van der Waals surface area contributed by atoms with Gasteiger partial charge in [0.2, 0.25) is 0 Å². The van der Waals surface area contributed by atoms with Gasteiger partial charge in [0.25, 0.3) is 0 Å². The van der Waals surface area contributed by atoms with E-state index in [9.17, 15) is 4.79 Å². The lowest BCUT2D eigenvalue weighted by Gasteiger charge is -2.62. The normalized spacial score (nSPS) is 37.1. The van der Waals surface area contributed by atoms with Gasteiger partial charge in [0, 0.05) is 0 Å². The number of rotatable bonds is 1. The molecule has 2 nitrogen and oxygen atoms in total. The molecular formula is C10H18O2. The van der Waals surface area contributed by atoms with Crippen LogP contribution in [0.2, 0.25) is 0 Å². The van der Waals surface area contributed by atoms with Gasteiger partial charge in [0.05, 0.1) is 5.92 Å². The summed E-state index contributed by atoms with van der Waals surface area (Å²) < 4.78 is 0. The second-order valence-corrected chi connectivity index (χ2v) is 5.05. The standard InChI is InChI=1S/C10H18O2/c1-6-7(8(11)12)10(4,5)9(6,2)3/h6-7H,1-5H3,(H,11,12). The predicted octanol–water partition coefficient (Wildman–Crippen LogP) is 2.39. The lowest BCUT2D eigenvalue weighted by Crippen LogP contribution is -2.61. The third-order valence-corrected chi connectivity index (χ3v) is 4.34. The Labute approximate surface area is 74.0 Å². The molecule has 0 saturated heterocycles. The summed E-state index contributed by atoms with van der Waals surface area (Å²) in [6.07, 6.45) is 0. The summed E-state index contributed by atoms with van der Waals surface area (Å²) in [5, 5.41) is 8.97. The highest BCUT2D eigenvalue weighted by molar-refractivity contribution is 5.73. The Balaban J connectivity index is 2.92. The quantitative estimate of drug-likeness (QED) is 0.656. The average Bonchev–Trinajstić information content (AvgIpc) is 1.85. The number of carbonyl (C=O) groups is 1. The van der Waals surface area contributed by atoms with Crippen molar-refractivity contribution < 1.29 is 9.90 Å². The maximum atomic E-state index is 10.9. The lowest BCUT2D eigenvalue weighted by molar-refractivity contribution is -0.192. The highest BCUT2D eigenvalue weighted by atomic mass is 16.4. The minimum atomic E-state index is -0.646. The molecule has 12 heavy (non-hydrogen) atoms. The van der Waals surface area contributed by atoms with E-state index in [1.807, 2.05) is 20.8 Å². The van der Waals surface area contributed by atoms with Crippen LogP contribution >= 0.6 is 0 Å². The summed E-state index contributed by atoms with van der Waals surface area (Å²) in [6.45, 7) is 10.4. The maximum Gasteiger partial charge on any atom is 0.307 e. The summed E-state index contributed by atoms with van der Waals surface area (Å²) >= 11 is 0. The second kappa shape index (κ2) is 2.24. The molecule has 1 fully saturated rings. The molecule has 2 heteroatoms. The van der Waals surface area contributed by atoms with Crippen molar-refractivity contribution in [3.63, 3.8) is 0 Å². The number of aliphatic carboxylic acids is 1. The Morgan fingerprint density at radius 2 is 1.58 bits per heavy atom. The molecule has 0 heterocycles. The van der Waals surface area contributed by atoms with Crippen LogP contribution in [0.3, 0.4) is 0 Å². The molecule has 1 aliphatic rings. The van der Waals surface area contributed by atoms with Crippen molar-refractivity contribution in [3.05, 3.63) is 0 Å². The Kier molecular flexibility index (Phi) is 1.78. The first-order valence-corrected chi connectivity index (χ1v) is 4.45. The molecule has 1 aliphatic carbocycles. The number of carboxylic acids is 1. The molecule has 1 N–H and O–H groups in total. The van der Waals surface area contributed by atoms with Gasteiger partial charge in [0.1, 0.15) is 0 Å². The highest BCUT2D eigenvalue weighted by Gasteiger charge is 2.62. The van der Waals surface area contributed by atoms with E-state index < -0.39 is 5.97 Å². The lowest BCUT2D eigenvalue weighted by atomic mass is 9.41. The number of carboxylic acid groups (broad SMARTS) is 1. The van der Waals surface area contributed by atoms with Crippen LogP contribution in [0.25, 0.3) is 0 Å². The molecule has 0 radical (unpaired) electrons. The van der Waals surface area contributed by atoms with Crippen molar-refractivity contribution in [3.8, 4) is 0 Å². The molecule has 1 rings (SSSR count). The molecule has 0 spiro atoms. The van der Waals surface area contributed by atoms with Gasteiger partial charge < -0.3 is 5.11 Å². The zero-order valence-electron chi connectivity index (χ0n) is 8.51. The van der Waals surface area contributed by atoms with Crippen LogP contribution in [-0.4, -0.2) is 11.1 Å². The zero-order chi connectivity index (χ0) is 9.73. The fourth-order valence-corrected chi connectivity index (χ4v) is 2.46. The van der Waals surface area contributed by atoms with Crippen LogP contribution in [-0.2, 0) is 4.79 Å². The van der Waals surface area contributed by atoms with Crippen LogP contribution in [0, 0.1) is 22.7 Å². The van der Waals surface area contributed by atoms with E-state index in [-0.39, 0.29) is 22.7 Å². The van der Waals surface area contributed by atoms with Crippen molar-refractivity contribution in [2.24, 2.45) is 22.7 Å². The maximum absolute atomic E-state index is 10.9. The van der Waals surface area contributed by atoms with Crippen molar-refractivity contribution in [1.82, 2.24) is 0 Å². The molecular weight excluding hydrogens is 152 g/mol. The van der Waals surface area contributed by atoms with Crippen molar-refractivity contribution in [1.29, 1.82) is 0 Å². The summed E-state index contributed by atoms with van der Waals surface area (Å²) in [4.78, 5) is 10.9. The summed E-state index contributed by atoms with van der Waals surface area (Å²) in [5.41, 5.74) is 0.0777. The Hall–Kier alpha value is -0.530. The van der Waals surface area contributed by atoms with Crippen LogP contribution in [0.5, 0.6) is 0 Å². The van der Waals surface area contributed by atoms with Gasteiger partial charge in [0.15, 0.2) is 0 Å². The Bertz CT molecular complexity index is 216. The van der Waals surface area contributed by atoms with Gasteiger partial charge >= 0.3 is 5.97 Å². The van der Waals surface area contributed by atoms with Crippen LogP contribution in [0.4, 0.5) is 0 Å². The minimum absolute atomic E-state index is 0.0712. The summed E-state index contributed by atoms with van der Waals surface area (Å²) in [5.74, 6) is -0.538. The van der Waals surface area contributed by atoms with Crippen LogP contribution < -0.4 is 0 Å². The van der Waals surface area contributed by atoms with E-state index in [0.29, 0.717) is 0 Å². The highest BCUT2D eigenvalue weighted by Crippen LogP contribution is 2.63. The molecule has 0 amide bonds. The van der Waals surface area contributed by atoms with Gasteiger partial charge in [-0.2, -0.15) is 0 Å². The monoisotopic (exact) mass is 170 g/mol. The second-order valence-electron chi connectivity index (χ2n) is 5.05. The summed E-state index contributed by atoms with van der Waals surface area (Å²) in [7, 11) is 0. The topological polar surface area (TPSA) is 37.3 Å². The van der Waals surface area contributed by atoms with Gasteiger partial charge in [-0.15, -0.1) is 0 Å². The van der Waals surface area contributed by atoms with E-state index in [1.54, 1.807) is 0 Å². The van der Waals surface area contributed by atoms with Crippen LogP contribution in [0.1, 0.15) is 34.6 Å². The molecule has 0 aromatic rings. The number of hydrogen-bond donors (Lipinski definition) is 1. The third-order valence-electron chi connectivity index (χ3n) is 4.34. The van der Waals surface area contributed by atoms with Gasteiger partial charge in [-0.3, -0.25) is 4.79 Å². The Morgan fingerprint density at radius 3 is 1.75 bits per heavy atom. The first-order chi connectivity index (χ1) is 5.23. The minimum Gasteiger partial charge on any atom is -0.481 e. The van der Waals surface area contributed by atoms with Crippen molar-refractivity contribution in [2.45, 2.75) is 34.6 Å². The molecule has 2 unspecified atom stereocenters. The smallest absolute Gasteiger partial charge is 0.307 e. The summed E-state index contributed by atoms with van der Waals surface area (Å²) in [6, 6.07) is 0. The SMILES string of the molecule is CC1C(C(=O)O)C(C)(C)C1(C)C. The first-order valence-electron chi connectivity index (χ1n) is 4.45. The predicted molar refractivity (Wildman–Crippen MR) is 47.9 cm³/mol. The van der Waals surface area contributed by atoms with Crippen LogP contribution in [0.15, 0.2) is 0 Å². The van der Waals surface area contributed by atoms with E-state index in [1.165, 1.54) is 0 Å². The van der Waals surface area contributed by atoms with Crippen molar-refractivity contribution >= 4 is 5.97 Å². The third kappa shape index (κ3) is 0.838. The van der Waals surface area contributed by atoms with E-state index in [4.69, 9.17) is 5.11 Å². The molecule has 0 aromatic carbocycles. The van der Waals surface area contributed by atoms with E-state index in [0.717, 1.165) is 0 Å². The molecule has 0 aromatic heterocycles.